The lowest BCUT2D eigenvalue weighted by atomic mass is 10.2. The Bertz CT molecular complexity index is 223. The van der Waals surface area contributed by atoms with Gasteiger partial charge in [0.2, 0.25) is 0 Å². The highest BCUT2D eigenvalue weighted by atomic mass is 28.3. The van der Waals surface area contributed by atoms with Crippen LogP contribution in [0.25, 0.3) is 0 Å². The maximum Gasteiger partial charge on any atom is 0.484 e. The van der Waals surface area contributed by atoms with Crippen LogP contribution in [0.1, 0.15) is 41.5 Å². The standard InChI is InChI=1S/C7H12O2.C6H16O3Si/c1-5-6(8)9-7(2,3)4;1-4-7-10(8-5-2)9-6-3/h5H,1H2,2-4H3;10H,4-6H2,1-3H3. The van der Waals surface area contributed by atoms with Crippen LogP contribution in [0, 0.1) is 0 Å². The molecule has 0 aromatic rings. The lowest BCUT2D eigenvalue weighted by molar-refractivity contribution is -0.148. The Morgan fingerprint density at radius 3 is 1.58 bits per heavy atom. The van der Waals surface area contributed by atoms with Gasteiger partial charge in [0.1, 0.15) is 5.60 Å². The van der Waals surface area contributed by atoms with Crippen molar-refractivity contribution in [3.8, 4) is 0 Å². The van der Waals surface area contributed by atoms with Crippen LogP contribution in [-0.2, 0) is 22.8 Å². The second-order valence-corrected chi connectivity index (χ2v) is 5.97. The molecule has 0 aliphatic carbocycles. The van der Waals surface area contributed by atoms with Gasteiger partial charge in [0.05, 0.1) is 0 Å². The van der Waals surface area contributed by atoms with Crippen LogP contribution >= 0.6 is 0 Å². The predicted molar refractivity (Wildman–Crippen MR) is 78.1 cm³/mol. The Balaban J connectivity index is 0. The van der Waals surface area contributed by atoms with E-state index in [4.69, 9.17) is 18.0 Å². The lowest BCUT2D eigenvalue weighted by Crippen LogP contribution is -2.27. The van der Waals surface area contributed by atoms with Crippen molar-refractivity contribution in [2.75, 3.05) is 19.8 Å². The largest absolute Gasteiger partial charge is 0.484 e. The molecule has 0 saturated carbocycles. The summed E-state index contributed by atoms with van der Waals surface area (Å²) < 4.78 is 20.5. The van der Waals surface area contributed by atoms with Gasteiger partial charge in [0, 0.05) is 25.9 Å². The van der Waals surface area contributed by atoms with Crippen LogP contribution < -0.4 is 0 Å². The van der Waals surface area contributed by atoms with Crippen molar-refractivity contribution in [2.45, 2.75) is 47.1 Å². The minimum Gasteiger partial charge on any atom is -0.457 e. The van der Waals surface area contributed by atoms with Crippen molar-refractivity contribution in [2.24, 2.45) is 0 Å². The van der Waals surface area contributed by atoms with E-state index in [-0.39, 0.29) is 5.97 Å². The Kier molecular flexibility index (Phi) is 13.4. The second-order valence-electron chi connectivity index (χ2n) is 4.39. The van der Waals surface area contributed by atoms with Crippen molar-refractivity contribution in [3.05, 3.63) is 12.7 Å². The van der Waals surface area contributed by atoms with Gasteiger partial charge >= 0.3 is 15.5 Å². The molecule has 0 N–H and O–H groups in total. The normalized spacial score (nSPS) is 10.7. The van der Waals surface area contributed by atoms with Crippen molar-refractivity contribution in [1.82, 2.24) is 0 Å². The third-order valence-corrected chi connectivity index (χ3v) is 3.30. The number of rotatable bonds is 7. The van der Waals surface area contributed by atoms with E-state index in [1.54, 1.807) is 0 Å². The summed E-state index contributed by atoms with van der Waals surface area (Å²) in [6.45, 7) is 16.6. The highest BCUT2D eigenvalue weighted by Gasteiger charge is 2.13. The summed E-state index contributed by atoms with van der Waals surface area (Å²) in [5, 5.41) is 0. The van der Waals surface area contributed by atoms with Crippen molar-refractivity contribution in [3.63, 3.8) is 0 Å². The second kappa shape index (κ2) is 12.3. The zero-order valence-corrected chi connectivity index (χ0v) is 14.2. The van der Waals surface area contributed by atoms with Crippen LogP contribution in [-0.4, -0.2) is 40.9 Å². The smallest absolute Gasteiger partial charge is 0.457 e. The van der Waals surface area contributed by atoms with E-state index in [9.17, 15) is 4.79 Å². The molecule has 0 fully saturated rings. The number of carbonyl (C=O) groups is 1. The first-order valence-corrected chi connectivity index (χ1v) is 7.92. The molecule has 0 saturated heterocycles. The van der Waals surface area contributed by atoms with E-state index in [0.717, 1.165) is 6.08 Å². The molecular formula is C13H28O5Si. The summed E-state index contributed by atoms with van der Waals surface area (Å²) in [4.78, 5) is 10.5. The fraction of sp³-hybridized carbons (Fsp3) is 0.769. The molecule has 5 nitrogen and oxygen atoms in total. The molecule has 0 unspecified atom stereocenters. The molecule has 0 bridgehead atoms. The third-order valence-electron chi connectivity index (χ3n) is 1.48. The summed E-state index contributed by atoms with van der Waals surface area (Å²) in [5.74, 6) is -0.373. The molecule has 0 radical (unpaired) electrons. The van der Waals surface area contributed by atoms with Gasteiger partial charge in [-0.3, -0.25) is 0 Å². The topological polar surface area (TPSA) is 54.0 Å². The van der Waals surface area contributed by atoms with E-state index in [2.05, 4.69) is 6.58 Å². The van der Waals surface area contributed by atoms with Crippen LogP contribution in [0.3, 0.4) is 0 Å². The van der Waals surface area contributed by atoms with Gasteiger partial charge in [-0.2, -0.15) is 0 Å². The van der Waals surface area contributed by atoms with Crippen LogP contribution in [0.2, 0.25) is 0 Å². The molecule has 0 atom stereocenters. The Morgan fingerprint density at radius 2 is 1.42 bits per heavy atom. The van der Waals surface area contributed by atoms with E-state index in [0.29, 0.717) is 19.8 Å². The van der Waals surface area contributed by atoms with Gasteiger partial charge < -0.3 is 18.0 Å². The molecule has 0 aromatic heterocycles. The zero-order valence-electron chi connectivity index (χ0n) is 13.0. The van der Waals surface area contributed by atoms with Crippen LogP contribution in [0.4, 0.5) is 0 Å². The van der Waals surface area contributed by atoms with Crippen LogP contribution in [0.15, 0.2) is 12.7 Å². The summed E-state index contributed by atoms with van der Waals surface area (Å²) >= 11 is 0. The first-order valence-electron chi connectivity index (χ1n) is 6.50. The van der Waals surface area contributed by atoms with Gasteiger partial charge in [-0.25, -0.2) is 4.79 Å². The summed E-state index contributed by atoms with van der Waals surface area (Å²) in [5.41, 5.74) is -0.398. The fourth-order valence-corrected chi connectivity index (χ4v) is 2.00. The molecule has 0 amide bonds. The average Bonchev–Trinajstić information content (AvgIpc) is 2.28. The van der Waals surface area contributed by atoms with E-state index in [1.807, 2.05) is 41.5 Å². The molecule has 6 heteroatoms. The number of esters is 1. The van der Waals surface area contributed by atoms with Gasteiger partial charge in [0.25, 0.3) is 0 Å². The van der Waals surface area contributed by atoms with Crippen molar-refractivity contribution in [1.29, 1.82) is 0 Å². The minimum atomic E-state index is -1.73. The highest BCUT2D eigenvalue weighted by molar-refractivity contribution is 6.36. The molecule has 0 spiro atoms. The van der Waals surface area contributed by atoms with Crippen LogP contribution in [0.5, 0.6) is 0 Å². The molecule has 0 aromatic carbocycles. The quantitative estimate of drug-likeness (QED) is 0.409. The summed E-state index contributed by atoms with van der Waals surface area (Å²) in [7, 11) is -1.73. The SMILES string of the molecule is C=CC(=O)OC(C)(C)C.CCO[SiH](OCC)OCC. The van der Waals surface area contributed by atoms with Gasteiger partial charge in [-0.1, -0.05) is 6.58 Å². The number of hydrogen-bond acceptors (Lipinski definition) is 5. The molecule has 114 valence electrons. The zero-order chi connectivity index (χ0) is 15.3. The Morgan fingerprint density at radius 1 is 1.05 bits per heavy atom. The first-order chi connectivity index (χ1) is 8.80. The van der Waals surface area contributed by atoms with Gasteiger partial charge in [-0.05, 0) is 41.5 Å². The van der Waals surface area contributed by atoms with E-state index >= 15 is 0 Å². The number of carbonyl (C=O) groups excluding carboxylic acids is 1. The lowest BCUT2D eigenvalue weighted by Gasteiger charge is -2.17. The highest BCUT2D eigenvalue weighted by Crippen LogP contribution is 2.06. The van der Waals surface area contributed by atoms with E-state index in [1.165, 1.54) is 0 Å². The molecule has 0 aliphatic rings. The van der Waals surface area contributed by atoms with Crippen molar-refractivity contribution < 1.29 is 22.8 Å². The maximum atomic E-state index is 10.5. The summed E-state index contributed by atoms with van der Waals surface area (Å²) in [6.07, 6.45) is 1.16. The molecule has 0 aliphatic heterocycles. The molecule has 19 heavy (non-hydrogen) atoms. The fourth-order valence-electron chi connectivity index (χ4n) is 0.896. The molecule has 0 rings (SSSR count). The maximum absolute atomic E-state index is 10.5. The van der Waals surface area contributed by atoms with E-state index < -0.39 is 15.1 Å². The minimum absolute atomic E-state index is 0.373. The number of ether oxygens (including phenoxy) is 1. The predicted octanol–water partition coefficient (Wildman–Crippen LogP) is 2.33. The third kappa shape index (κ3) is 17.3. The Labute approximate surface area is 118 Å². The monoisotopic (exact) mass is 292 g/mol. The first kappa shape index (κ1) is 20.6. The Hall–Kier alpha value is -0.693. The van der Waals surface area contributed by atoms with Crippen molar-refractivity contribution >= 4 is 15.5 Å². The average molecular weight is 292 g/mol. The van der Waals surface area contributed by atoms with Gasteiger partial charge in [-0.15, -0.1) is 0 Å². The number of hydrogen-bond donors (Lipinski definition) is 0. The molecule has 0 heterocycles. The molecular weight excluding hydrogens is 264 g/mol. The van der Waals surface area contributed by atoms with Gasteiger partial charge in [0.15, 0.2) is 0 Å². The summed E-state index contributed by atoms with van der Waals surface area (Å²) in [6, 6.07) is 0.